The van der Waals surface area contributed by atoms with Gasteiger partial charge in [-0.05, 0) is 92.7 Å². The second-order valence-corrected chi connectivity index (χ2v) is 12.6. The lowest BCUT2D eigenvalue weighted by Gasteiger charge is -2.13. The van der Waals surface area contributed by atoms with Crippen LogP contribution in [0.2, 0.25) is 0 Å². The molecule has 2 heterocycles. The van der Waals surface area contributed by atoms with Crippen LogP contribution in [-0.2, 0) is 0 Å². The largest absolute Gasteiger partial charge is 0.456 e. The molecule has 0 N–H and O–H groups in total. The fourth-order valence-corrected chi connectivity index (χ4v) is 7.48. The number of hydrogen-bond donors (Lipinski definition) is 0. The van der Waals surface area contributed by atoms with Gasteiger partial charge in [0.05, 0.1) is 11.0 Å². The maximum Gasteiger partial charge on any atom is 0.137 e. The molecule has 2 nitrogen and oxygen atoms in total. The van der Waals surface area contributed by atoms with Crippen molar-refractivity contribution in [2.75, 3.05) is 0 Å². The number of furan rings is 1. The van der Waals surface area contributed by atoms with Crippen molar-refractivity contribution in [3.05, 3.63) is 176 Å². The third-order valence-corrected chi connectivity index (χ3v) is 9.76. The Hall–Kier alpha value is -6.38. The summed E-state index contributed by atoms with van der Waals surface area (Å²) in [6.45, 7) is 0. The zero-order chi connectivity index (χ0) is 31.6. The van der Waals surface area contributed by atoms with E-state index in [1.54, 1.807) is 0 Å². The first-order valence-electron chi connectivity index (χ1n) is 16.4. The molecule has 0 radical (unpaired) electrons. The molecule has 0 spiro atoms. The van der Waals surface area contributed by atoms with Gasteiger partial charge in [0, 0.05) is 33.3 Å². The van der Waals surface area contributed by atoms with Gasteiger partial charge in [0.2, 0.25) is 0 Å². The van der Waals surface area contributed by atoms with Gasteiger partial charge in [-0.1, -0.05) is 121 Å². The molecule has 48 heavy (non-hydrogen) atoms. The first-order valence-corrected chi connectivity index (χ1v) is 16.4. The van der Waals surface area contributed by atoms with Crippen molar-refractivity contribution in [3.8, 4) is 39.1 Å². The van der Waals surface area contributed by atoms with Crippen LogP contribution in [0.1, 0.15) is 0 Å². The maximum absolute atomic E-state index is 6.51. The molecule has 0 unspecified atom stereocenters. The molecule has 0 aliphatic rings. The van der Waals surface area contributed by atoms with Crippen LogP contribution in [0.25, 0.3) is 93.6 Å². The van der Waals surface area contributed by atoms with Gasteiger partial charge >= 0.3 is 0 Å². The average molecular weight is 612 g/mol. The predicted molar refractivity (Wildman–Crippen MR) is 202 cm³/mol. The lowest BCUT2D eigenvalue weighted by atomic mass is 9.93. The van der Waals surface area contributed by atoms with Gasteiger partial charge in [-0.25, -0.2) is 0 Å². The first-order chi connectivity index (χ1) is 23.8. The fraction of sp³-hybridized carbons (Fsp3) is 0. The number of para-hydroxylation sites is 1. The van der Waals surface area contributed by atoms with E-state index in [0.717, 1.165) is 27.8 Å². The standard InChI is InChI=1S/C46H29NO/c1-3-11-30(12-4-1)34-25-35(31-13-5-2-6-14-31)27-36(26-34)32-19-22-37(23-20-32)47-42-18-10-9-17-39(42)40-28-41-45(29-43(40)47)48-44-24-21-33-15-7-8-16-38(33)46(41)44/h1-29H. The van der Waals surface area contributed by atoms with Crippen molar-refractivity contribution in [2.24, 2.45) is 0 Å². The maximum atomic E-state index is 6.51. The lowest BCUT2D eigenvalue weighted by Crippen LogP contribution is -1.94. The number of nitrogens with zero attached hydrogens (tertiary/aromatic N) is 1. The molecule has 0 amide bonds. The van der Waals surface area contributed by atoms with E-state index in [1.165, 1.54) is 65.8 Å². The summed E-state index contributed by atoms with van der Waals surface area (Å²) in [5.74, 6) is 0. The summed E-state index contributed by atoms with van der Waals surface area (Å²) in [6.07, 6.45) is 0. The molecule has 0 aliphatic carbocycles. The third-order valence-electron chi connectivity index (χ3n) is 9.76. The van der Waals surface area contributed by atoms with Gasteiger partial charge < -0.3 is 8.98 Å². The Morgan fingerprint density at radius 1 is 0.333 bits per heavy atom. The van der Waals surface area contributed by atoms with Crippen LogP contribution in [0, 0.1) is 0 Å². The summed E-state index contributed by atoms with van der Waals surface area (Å²) in [4.78, 5) is 0. The molecule has 0 saturated heterocycles. The summed E-state index contributed by atoms with van der Waals surface area (Å²) in [6, 6.07) is 63.2. The third kappa shape index (κ3) is 4.20. The minimum absolute atomic E-state index is 0.903. The molecule has 224 valence electrons. The van der Waals surface area contributed by atoms with E-state index in [1.807, 2.05) is 0 Å². The van der Waals surface area contributed by atoms with Crippen molar-refractivity contribution in [1.82, 2.24) is 4.57 Å². The Morgan fingerprint density at radius 2 is 0.917 bits per heavy atom. The van der Waals surface area contributed by atoms with Crippen molar-refractivity contribution in [3.63, 3.8) is 0 Å². The second kappa shape index (κ2) is 10.6. The van der Waals surface area contributed by atoms with E-state index in [4.69, 9.17) is 4.42 Å². The molecule has 0 aliphatic heterocycles. The predicted octanol–water partition coefficient (Wildman–Crippen LogP) is 12.8. The van der Waals surface area contributed by atoms with Crippen LogP contribution in [0.3, 0.4) is 0 Å². The number of aromatic nitrogens is 1. The van der Waals surface area contributed by atoms with E-state index in [0.29, 0.717) is 0 Å². The highest BCUT2D eigenvalue weighted by atomic mass is 16.3. The van der Waals surface area contributed by atoms with Gasteiger partial charge in [0.25, 0.3) is 0 Å². The van der Waals surface area contributed by atoms with Gasteiger partial charge in [0.15, 0.2) is 0 Å². The molecular weight excluding hydrogens is 583 g/mol. The minimum atomic E-state index is 0.903. The molecular formula is C46H29NO. The molecule has 2 aromatic heterocycles. The van der Waals surface area contributed by atoms with E-state index in [-0.39, 0.29) is 0 Å². The molecule has 10 aromatic rings. The lowest BCUT2D eigenvalue weighted by molar-refractivity contribution is 0.669. The minimum Gasteiger partial charge on any atom is -0.456 e. The van der Waals surface area contributed by atoms with Gasteiger partial charge in [-0.2, -0.15) is 0 Å². The number of benzene rings is 8. The monoisotopic (exact) mass is 611 g/mol. The van der Waals surface area contributed by atoms with Crippen molar-refractivity contribution < 1.29 is 4.42 Å². The zero-order valence-electron chi connectivity index (χ0n) is 26.1. The summed E-state index contributed by atoms with van der Waals surface area (Å²) in [5, 5.41) is 7.23. The first kappa shape index (κ1) is 26.8. The highest BCUT2D eigenvalue weighted by Gasteiger charge is 2.18. The average Bonchev–Trinajstić information content (AvgIpc) is 3.69. The van der Waals surface area contributed by atoms with Gasteiger partial charge in [-0.15, -0.1) is 0 Å². The summed E-state index contributed by atoms with van der Waals surface area (Å²) >= 11 is 0. The fourth-order valence-electron chi connectivity index (χ4n) is 7.48. The van der Waals surface area contributed by atoms with Crippen LogP contribution < -0.4 is 0 Å². The SMILES string of the molecule is c1ccc(-c2cc(-c3ccccc3)cc(-c3ccc(-n4c5ccccc5c5cc6c(cc54)oc4ccc5ccccc5c46)cc3)c2)cc1. The second-order valence-electron chi connectivity index (χ2n) is 12.6. The Balaban J connectivity index is 1.14. The van der Waals surface area contributed by atoms with Crippen LogP contribution in [-0.4, -0.2) is 4.57 Å². The topological polar surface area (TPSA) is 18.1 Å². The Morgan fingerprint density at radius 3 is 1.60 bits per heavy atom. The van der Waals surface area contributed by atoms with E-state index >= 15 is 0 Å². The summed E-state index contributed by atoms with van der Waals surface area (Å²) in [7, 11) is 0. The van der Waals surface area contributed by atoms with Gasteiger partial charge in [-0.3, -0.25) is 0 Å². The van der Waals surface area contributed by atoms with E-state index in [2.05, 4.69) is 180 Å². The normalized spacial score (nSPS) is 11.8. The van der Waals surface area contributed by atoms with Crippen LogP contribution in [0.4, 0.5) is 0 Å². The highest BCUT2D eigenvalue weighted by molar-refractivity contribution is 6.23. The van der Waals surface area contributed by atoms with Crippen molar-refractivity contribution in [1.29, 1.82) is 0 Å². The van der Waals surface area contributed by atoms with Crippen LogP contribution >= 0.6 is 0 Å². The van der Waals surface area contributed by atoms with Crippen molar-refractivity contribution >= 4 is 54.5 Å². The highest BCUT2D eigenvalue weighted by Crippen LogP contribution is 2.41. The zero-order valence-corrected chi connectivity index (χ0v) is 26.1. The molecule has 0 fully saturated rings. The molecule has 8 aromatic carbocycles. The summed E-state index contributed by atoms with van der Waals surface area (Å²) < 4.78 is 8.88. The van der Waals surface area contributed by atoms with E-state index in [9.17, 15) is 0 Å². The number of fused-ring (bicyclic) bond motifs is 8. The Labute approximate surface area is 277 Å². The Kier molecular flexibility index (Phi) is 5.91. The molecule has 0 saturated carbocycles. The smallest absolute Gasteiger partial charge is 0.137 e. The summed E-state index contributed by atoms with van der Waals surface area (Å²) in [5.41, 5.74) is 12.5. The molecule has 10 rings (SSSR count). The molecule has 2 heteroatoms. The van der Waals surface area contributed by atoms with E-state index < -0.39 is 0 Å². The quantitative estimate of drug-likeness (QED) is 0.194. The Bertz CT molecular complexity index is 2750. The van der Waals surface area contributed by atoms with Crippen LogP contribution in [0.5, 0.6) is 0 Å². The molecule has 0 bridgehead atoms. The van der Waals surface area contributed by atoms with Crippen molar-refractivity contribution in [2.45, 2.75) is 0 Å². The van der Waals surface area contributed by atoms with Gasteiger partial charge in [0.1, 0.15) is 11.2 Å². The number of rotatable bonds is 4. The van der Waals surface area contributed by atoms with Crippen LogP contribution in [0.15, 0.2) is 180 Å². The number of hydrogen-bond acceptors (Lipinski definition) is 1. The molecule has 0 atom stereocenters.